The first kappa shape index (κ1) is 28.3. The second kappa shape index (κ2) is 11.5. The molecule has 3 nitrogen and oxygen atoms in total. The third-order valence-corrected chi connectivity index (χ3v) is 9.98. The Labute approximate surface area is 289 Å². The van der Waals surface area contributed by atoms with Crippen molar-refractivity contribution in [2.24, 2.45) is 0 Å². The van der Waals surface area contributed by atoms with Gasteiger partial charge in [0.05, 0.1) is 16.7 Å². The van der Waals surface area contributed by atoms with Crippen LogP contribution in [0, 0.1) is 0 Å². The first-order valence-electron chi connectivity index (χ1n) is 16.9. The number of pyridine rings is 3. The fraction of sp³-hybridized carbons (Fsp3) is 0. The summed E-state index contributed by atoms with van der Waals surface area (Å²) in [5, 5.41) is 9.70. The highest BCUT2D eigenvalue weighted by Gasteiger charge is 2.14. The van der Waals surface area contributed by atoms with Gasteiger partial charge >= 0.3 is 0 Å². The van der Waals surface area contributed by atoms with Gasteiger partial charge in [0.15, 0.2) is 0 Å². The molecule has 10 aromatic rings. The standard InChI is InChI=1S/C47H29N3/c1-2-15-40-39(14-1)41-20-18-33(32-10-3-11-34(26-32)37-16-4-8-30-12-6-23-49-46(30)37)27-43(41)42-21-19-36(28-44(40)42)45-29-35(22-25-48-45)38-17-5-9-31-13-7-24-50-47(31)38/h1-29H. The predicted octanol–water partition coefficient (Wildman–Crippen LogP) is 12.3. The van der Waals surface area contributed by atoms with Crippen molar-refractivity contribution in [1.82, 2.24) is 15.0 Å². The van der Waals surface area contributed by atoms with E-state index in [0.717, 1.165) is 55.3 Å². The number of aromatic nitrogens is 3. The van der Waals surface area contributed by atoms with Crippen LogP contribution in [0.3, 0.4) is 0 Å². The zero-order chi connectivity index (χ0) is 33.0. The van der Waals surface area contributed by atoms with Crippen molar-refractivity contribution in [3.05, 3.63) is 176 Å². The lowest BCUT2D eigenvalue weighted by atomic mass is 9.90. The molecule has 0 unspecified atom stereocenters. The molecule has 7 aromatic carbocycles. The Bertz CT molecular complexity index is 2770. The average Bonchev–Trinajstić information content (AvgIpc) is 3.20. The Hall–Kier alpha value is -6.71. The Kier molecular flexibility index (Phi) is 6.49. The van der Waals surface area contributed by atoms with Gasteiger partial charge in [-0.1, -0.05) is 115 Å². The average molecular weight is 636 g/mol. The van der Waals surface area contributed by atoms with Crippen LogP contribution in [0.25, 0.3) is 98.8 Å². The van der Waals surface area contributed by atoms with Crippen molar-refractivity contribution < 1.29 is 0 Å². The summed E-state index contributed by atoms with van der Waals surface area (Å²) in [6, 6.07) is 56.5. The Morgan fingerprint density at radius 2 is 0.800 bits per heavy atom. The first-order valence-corrected chi connectivity index (χ1v) is 16.9. The molecule has 0 amide bonds. The Balaban J connectivity index is 1.12. The van der Waals surface area contributed by atoms with Gasteiger partial charge in [0.2, 0.25) is 0 Å². The molecular weight excluding hydrogens is 607 g/mol. The van der Waals surface area contributed by atoms with E-state index in [4.69, 9.17) is 15.0 Å². The molecule has 0 aliphatic heterocycles. The lowest BCUT2D eigenvalue weighted by Gasteiger charge is -2.14. The minimum atomic E-state index is 0.940. The van der Waals surface area contributed by atoms with E-state index in [9.17, 15) is 0 Å². The van der Waals surface area contributed by atoms with Crippen molar-refractivity contribution in [3.63, 3.8) is 0 Å². The predicted molar refractivity (Wildman–Crippen MR) is 209 cm³/mol. The molecule has 0 radical (unpaired) electrons. The molecule has 0 spiro atoms. The number of nitrogens with zero attached hydrogens (tertiary/aromatic N) is 3. The van der Waals surface area contributed by atoms with E-state index >= 15 is 0 Å². The number of fused-ring (bicyclic) bond motifs is 8. The number of rotatable bonds is 4. The first-order chi connectivity index (χ1) is 24.8. The SMILES string of the molecule is c1cc(-c2ccc3c4ccccc4c4cc(-c5cc(-c6cccc7cccnc67)ccn5)ccc4c3c2)cc(-c2cccc3cccnc23)c1. The molecule has 3 heteroatoms. The third kappa shape index (κ3) is 4.63. The van der Waals surface area contributed by atoms with Crippen molar-refractivity contribution in [2.45, 2.75) is 0 Å². The van der Waals surface area contributed by atoms with Gasteiger partial charge in [-0.15, -0.1) is 0 Å². The minimum absolute atomic E-state index is 0.940. The Morgan fingerprint density at radius 3 is 1.52 bits per heavy atom. The summed E-state index contributed by atoms with van der Waals surface area (Å²) < 4.78 is 0. The highest BCUT2D eigenvalue weighted by atomic mass is 14.7. The van der Waals surface area contributed by atoms with Gasteiger partial charge in [0.1, 0.15) is 0 Å². The Morgan fingerprint density at radius 1 is 0.280 bits per heavy atom. The van der Waals surface area contributed by atoms with Crippen molar-refractivity contribution in [1.29, 1.82) is 0 Å². The lowest BCUT2D eigenvalue weighted by Crippen LogP contribution is -1.90. The van der Waals surface area contributed by atoms with E-state index in [0.29, 0.717) is 0 Å². The summed E-state index contributed by atoms with van der Waals surface area (Å²) in [4.78, 5) is 14.3. The van der Waals surface area contributed by atoms with Crippen molar-refractivity contribution in [3.8, 4) is 44.6 Å². The molecule has 0 aliphatic rings. The van der Waals surface area contributed by atoms with Gasteiger partial charge in [0, 0.05) is 46.1 Å². The number of hydrogen-bond acceptors (Lipinski definition) is 3. The summed E-state index contributed by atoms with van der Waals surface area (Å²) in [7, 11) is 0. The van der Waals surface area contributed by atoms with E-state index in [2.05, 4.69) is 146 Å². The number of para-hydroxylation sites is 2. The highest BCUT2D eigenvalue weighted by molar-refractivity contribution is 6.26. The van der Waals surface area contributed by atoms with Gasteiger partial charge in [-0.05, 0) is 97.0 Å². The van der Waals surface area contributed by atoms with E-state index in [1.165, 1.54) is 43.4 Å². The van der Waals surface area contributed by atoms with E-state index in [1.807, 2.05) is 30.7 Å². The molecule has 0 fully saturated rings. The van der Waals surface area contributed by atoms with Gasteiger partial charge in [-0.25, -0.2) is 0 Å². The number of hydrogen-bond donors (Lipinski definition) is 0. The fourth-order valence-electron chi connectivity index (χ4n) is 7.59. The normalized spacial score (nSPS) is 11.6. The molecule has 0 atom stereocenters. The maximum absolute atomic E-state index is 4.85. The van der Waals surface area contributed by atoms with Crippen LogP contribution >= 0.6 is 0 Å². The molecule has 3 aromatic heterocycles. The lowest BCUT2D eigenvalue weighted by molar-refractivity contribution is 1.33. The van der Waals surface area contributed by atoms with Crippen LogP contribution in [0.5, 0.6) is 0 Å². The third-order valence-electron chi connectivity index (χ3n) is 9.98. The van der Waals surface area contributed by atoms with Crippen LogP contribution in [-0.4, -0.2) is 15.0 Å². The van der Waals surface area contributed by atoms with Gasteiger partial charge in [-0.3, -0.25) is 15.0 Å². The van der Waals surface area contributed by atoms with E-state index in [-0.39, 0.29) is 0 Å². The summed E-state index contributed by atoms with van der Waals surface area (Å²) in [6.07, 6.45) is 5.64. The summed E-state index contributed by atoms with van der Waals surface area (Å²) in [6.45, 7) is 0. The zero-order valence-electron chi connectivity index (χ0n) is 27.1. The molecule has 0 saturated heterocycles. The molecule has 10 rings (SSSR count). The zero-order valence-corrected chi connectivity index (χ0v) is 27.1. The number of benzene rings is 7. The smallest absolute Gasteiger partial charge is 0.0780 e. The second-order valence-electron chi connectivity index (χ2n) is 12.8. The molecule has 232 valence electrons. The quantitative estimate of drug-likeness (QED) is 0.181. The van der Waals surface area contributed by atoms with Crippen LogP contribution in [-0.2, 0) is 0 Å². The summed E-state index contributed by atoms with van der Waals surface area (Å²) >= 11 is 0. The molecule has 0 aliphatic carbocycles. The van der Waals surface area contributed by atoms with Crippen LogP contribution < -0.4 is 0 Å². The minimum Gasteiger partial charge on any atom is -0.256 e. The fourth-order valence-corrected chi connectivity index (χ4v) is 7.59. The molecule has 0 bridgehead atoms. The summed E-state index contributed by atoms with van der Waals surface area (Å²) in [5.74, 6) is 0. The second-order valence-corrected chi connectivity index (χ2v) is 12.8. The largest absolute Gasteiger partial charge is 0.256 e. The van der Waals surface area contributed by atoms with Crippen molar-refractivity contribution in [2.75, 3.05) is 0 Å². The van der Waals surface area contributed by atoms with Gasteiger partial charge in [0.25, 0.3) is 0 Å². The maximum atomic E-state index is 4.85. The highest BCUT2D eigenvalue weighted by Crippen LogP contribution is 2.40. The monoisotopic (exact) mass is 635 g/mol. The van der Waals surface area contributed by atoms with Crippen molar-refractivity contribution >= 4 is 54.1 Å². The molecule has 0 saturated carbocycles. The van der Waals surface area contributed by atoms with E-state index in [1.54, 1.807) is 0 Å². The molecule has 0 N–H and O–H groups in total. The summed E-state index contributed by atoms with van der Waals surface area (Å²) in [5.41, 5.74) is 10.9. The van der Waals surface area contributed by atoms with E-state index < -0.39 is 0 Å². The molecular formula is C47H29N3. The topological polar surface area (TPSA) is 38.7 Å². The van der Waals surface area contributed by atoms with Crippen LogP contribution in [0.15, 0.2) is 176 Å². The van der Waals surface area contributed by atoms with Crippen LogP contribution in [0.1, 0.15) is 0 Å². The van der Waals surface area contributed by atoms with Gasteiger partial charge in [-0.2, -0.15) is 0 Å². The van der Waals surface area contributed by atoms with Crippen LogP contribution in [0.4, 0.5) is 0 Å². The molecule has 50 heavy (non-hydrogen) atoms. The maximum Gasteiger partial charge on any atom is 0.0780 e. The molecule has 3 heterocycles. The van der Waals surface area contributed by atoms with Crippen LogP contribution in [0.2, 0.25) is 0 Å². The van der Waals surface area contributed by atoms with Gasteiger partial charge < -0.3 is 0 Å².